The van der Waals surface area contributed by atoms with E-state index in [-0.39, 0.29) is 5.54 Å². The minimum absolute atomic E-state index is 0.277. The largest absolute Gasteiger partial charge is 0.331 e. The fourth-order valence-electron chi connectivity index (χ4n) is 2.35. The van der Waals surface area contributed by atoms with Gasteiger partial charge in [-0.15, -0.1) is 0 Å². The highest BCUT2D eigenvalue weighted by atomic mass is 16.1. The van der Waals surface area contributed by atoms with Crippen LogP contribution in [0, 0.1) is 0 Å². The Bertz CT molecular complexity index is 355. The fourth-order valence-corrected chi connectivity index (χ4v) is 2.35. The lowest BCUT2D eigenvalue weighted by atomic mass is 9.88. The molecule has 4 heteroatoms. The summed E-state index contributed by atoms with van der Waals surface area (Å²) in [5.74, 6) is 0. The topological polar surface area (TPSA) is 45.2 Å². The average Bonchev–Trinajstić information content (AvgIpc) is 2.39. The molecule has 1 fully saturated rings. The number of hydrogen-bond donors (Lipinski definition) is 1. The lowest BCUT2D eigenvalue weighted by Crippen LogP contribution is -2.58. The van der Waals surface area contributed by atoms with Gasteiger partial charge >= 0.3 is 0 Å². The molecule has 1 saturated heterocycles. The van der Waals surface area contributed by atoms with Crippen molar-refractivity contribution in [3.05, 3.63) is 30.1 Å². The molecule has 2 heterocycles. The van der Waals surface area contributed by atoms with E-state index in [1.165, 1.54) is 0 Å². The molecule has 0 saturated carbocycles. The van der Waals surface area contributed by atoms with Gasteiger partial charge in [-0.3, -0.25) is 9.78 Å². The molecule has 86 valence electrons. The molecule has 1 unspecified atom stereocenters. The molecule has 0 bridgehead atoms. The molecule has 16 heavy (non-hydrogen) atoms. The van der Waals surface area contributed by atoms with Gasteiger partial charge in [0.2, 0.25) is 6.41 Å². The maximum Gasteiger partial charge on any atom is 0.210 e. The molecular formula is C12H17N3O. The van der Waals surface area contributed by atoms with Crippen LogP contribution in [0.3, 0.4) is 0 Å². The molecule has 2 rings (SSSR count). The number of nitrogens with one attached hydrogen (secondary N) is 1. The third-order valence-corrected chi connectivity index (χ3v) is 3.35. The highest BCUT2D eigenvalue weighted by Crippen LogP contribution is 2.30. The van der Waals surface area contributed by atoms with Crippen molar-refractivity contribution < 1.29 is 4.79 Å². The van der Waals surface area contributed by atoms with Crippen molar-refractivity contribution in [2.45, 2.75) is 18.9 Å². The summed E-state index contributed by atoms with van der Waals surface area (Å²) < 4.78 is 0. The molecule has 1 aromatic rings. The summed E-state index contributed by atoms with van der Waals surface area (Å²) >= 11 is 0. The fraction of sp³-hybridized carbons (Fsp3) is 0.500. The Balaban J connectivity index is 2.40. The smallest absolute Gasteiger partial charge is 0.210 e. The maximum absolute atomic E-state index is 11.2. The Kier molecular flexibility index (Phi) is 3.19. The lowest BCUT2D eigenvalue weighted by Gasteiger charge is -2.44. The van der Waals surface area contributed by atoms with Crippen LogP contribution in [-0.4, -0.2) is 35.9 Å². The molecule has 1 amide bonds. The first kappa shape index (κ1) is 11.1. The van der Waals surface area contributed by atoms with Crippen molar-refractivity contribution in [3.63, 3.8) is 0 Å². The average molecular weight is 219 g/mol. The van der Waals surface area contributed by atoms with E-state index in [0.29, 0.717) is 0 Å². The molecule has 1 atom stereocenters. The van der Waals surface area contributed by atoms with Crippen LogP contribution >= 0.6 is 0 Å². The number of rotatable bonds is 3. The first-order valence-corrected chi connectivity index (χ1v) is 5.68. The zero-order valence-corrected chi connectivity index (χ0v) is 9.52. The third kappa shape index (κ3) is 1.69. The van der Waals surface area contributed by atoms with Crippen LogP contribution in [0.25, 0.3) is 0 Å². The summed E-state index contributed by atoms with van der Waals surface area (Å²) in [5, 5.41) is 3.35. The number of carbonyl (C=O) groups is 1. The van der Waals surface area contributed by atoms with E-state index in [9.17, 15) is 4.79 Å². The first-order chi connectivity index (χ1) is 7.83. The summed E-state index contributed by atoms with van der Waals surface area (Å²) in [5.41, 5.74) is 0.693. The molecule has 1 aromatic heterocycles. The number of nitrogens with zero attached hydrogens (tertiary/aromatic N) is 2. The van der Waals surface area contributed by atoms with Gasteiger partial charge in [0.15, 0.2) is 0 Å². The van der Waals surface area contributed by atoms with Gasteiger partial charge in [-0.25, -0.2) is 0 Å². The zero-order chi connectivity index (χ0) is 11.4. The van der Waals surface area contributed by atoms with E-state index >= 15 is 0 Å². The normalized spacial score (nSPS) is 25.4. The second-order valence-electron chi connectivity index (χ2n) is 4.08. The Labute approximate surface area is 95.7 Å². The van der Waals surface area contributed by atoms with Crippen LogP contribution in [0.2, 0.25) is 0 Å². The number of piperazine rings is 1. The number of carbonyl (C=O) groups excluding carboxylic acids is 1. The van der Waals surface area contributed by atoms with E-state index in [4.69, 9.17) is 0 Å². The second-order valence-corrected chi connectivity index (χ2v) is 4.08. The van der Waals surface area contributed by atoms with Gasteiger partial charge in [-0.05, 0) is 18.6 Å². The van der Waals surface area contributed by atoms with Gasteiger partial charge in [-0.2, -0.15) is 0 Å². The standard InChI is InChI=1S/C12H17N3O/c1-2-12(11-5-3-4-6-14-11)9-13-7-8-15(12)10-16/h3-6,10,13H,2,7-9H2,1H3. The van der Waals surface area contributed by atoms with E-state index < -0.39 is 0 Å². The van der Waals surface area contributed by atoms with E-state index in [1.54, 1.807) is 6.20 Å². The quantitative estimate of drug-likeness (QED) is 0.763. The third-order valence-electron chi connectivity index (χ3n) is 3.35. The Morgan fingerprint density at radius 2 is 2.50 bits per heavy atom. The van der Waals surface area contributed by atoms with Crippen molar-refractivity contribution >= 4 is 6.41 Å². The van der Waals surface area contributed by atoms with Crippen molar-refractivity contribution in [3.8, 4) is 0 Å². The van der Waals surface area contributed by atoms with Gasteiger partial charge in [0.25, 0.3) is 0 Å². The summed E-state index contributed by atoms with van der Waals surface area (Å²) in [4.78, 5) is 17.4. The van der Waals surface area contributed by atoms with Gasteiger partial charge in [0, 0.05) is 25.8 Å². The molecule has 0 aliphatic carbocycles. The summed E-state index contributed by atoms with van der Waals surface area (Å²) in [6, 6.07) is 5.86. The summed E-state index contributed by atoms with van der Waals surface area (Å²) in [6.45, 7) is 4.47. The van der Waals surface area contributed by atoms with Crippen LogP contribution in [0.15, 0.2) is 24.4 Å². The molecule has 4 nitrogen and oxygen atoms in total. The minimum Gasteiger partial charge on any atom is -0.331 e. The first-order valence-electron chi connectivity index (χ1n) is 5.68. The summed E-state index contributed by atoms with van der Waals surface area (Å²) in [6.07, 6.45) is 3.60. The van der Waals surface area contributed by atoms with Gasteiger partial charge in [0.05, 0.1) is 11.2 Å². The van der Waals surface area contributed by atoms with Crippen LogP contribution in [0.4, 0.5) is 0 Å². The zero-order valence-electron chi connectivity index (χ0n) is 9.52. The Morgan fingerprint density at radius 3 is 3.12 bits per heavy atom. The van der Waals surface area contributed by atoms with Crippen LogP contribution < -0.4 is 5.32 Å². The predicted molar refractivity (Wildman–Crippen MR) is 61.8 cm³/mol. The van der Waals surface area contributed by atoms with Gasteiger partial charge < -0.3 is 10.2 Å². The molecule has 1 aliphatic rings. The van der Waals surface area contributed by atoms with Crippen LogP contribution in [0.5, 0.6) is 0 Å². The number of hydrogen-bond acceptors (Lipinski definition) is 3. The predicted octanol–water partition coefficient (Wildman–Crippen LogP) is 0.748. The highest BCUT2D eigenvalue weighted by Gasteiger charge is 2.39. The molecule has 0 spiro atoms. The number of amides is 1. The van der Waals surface area contributed by atoms with E-state index in [1.807, 2.05) is 23.1 Å². The van der Waals surface area contributed by atoms with Crippen molar-refractivity contribution in [2.24, 2.45) is 0 Å². The highest BCUT2D eigenvalue weighted by molar-refractivity contribution is 5.50. The molecule has 0 aromatic carbocycles. The van der Waals surface area contributed by atoms with Crippen molar-refractivity contribution in [1.82, 2.24) is 15.2 Å². The Hall–Kier alpha value is -1.42. The van der Waals surface area contributed by atoms with E-state index in [2.05, 4.69) is 17.2 Å². The second kappa shape index (κ2) is 4.61. The Morgan fingerprint density at radius 1 is 1.62 bits per heavy atom. The molecular weight excluding hydrogens is 202 g/mol. The van der Waals surface area contributed by atoms with Crippen LogP contribution in [-0.2, 0) is 10.3 Å². The van der Waals surface area contributed by atoms with E-state index in [0.717, 1.165) is 38.2 Å². The minimum atomic E-state index is -0.277. The SMILES string of the molecule is CCC1(c2ccccn2)CNCCN1C=O. The lowest BCUT2D eigenvalue weighted by molar-refractivity contribution is -0.126. The monoisotopic (exact) mass is 219 g/mol. The molecule has 1 aliphatic heterocycles. The van der Waals surface area contributed by atoms with Gasteiger partial charge in [0.1, 0.15) is 0 Å². The molecule has 1 N–H and O–H groups in total. The summed E-state index contributed by atoms with van der Waals surface area (Å²) in [7, 11) is 0. The van der Waals surface area contributed by atoms with Crippen molar-refractivity contribution in [2.75, 3.05) is 19.6 Å². The number of aromatic nitrogens is 1. The maximum atomic E-state index is 11.2. The van der Waals surface area contributed by atoms with Gasteiger partial charge in [-0.1, -0.05) is 13.0 Å². The molecule has 0 radical (unpaired) electrons. The van der Waals surface area contributed by atoms with Crippen LogP contribution in [0.1, 0.15) is 19.0 Å². The van der Waals surface area contributed by atoms with Crippen molar-refractivity contribution in [1.29, 1.82) is 0 Å². The number of pyridine rings is 1.